The summed E-state index contributed by atoms with van der Waals surface area (Å²) in [6, 6.07) is 5.58. The molecule has 1 aromatic carbocycles. The second-order valence-electron chi connectivity index (χ2n) is 4.07. The van der Waals surface area contributed by atoms with Crippen molar-refractivity contribution in [1.29, 1.82) is 0 Å². The van der Waals surface area contributed by atoms with E-state index in [1.54, 1.807) is 0 Å². The third-order valence-electron chi connectivity index (χ3n) is 2.56. The van der Waals surface area contributed by atoms with E-state index in [-0.39, 0.29) is 19.8 Å². The Morgan fingerprint density at radius 1 is 1.39 bits per heavy atom. The fraction of sp³-hybridized carbons (Fsp3) is 0.417. The van der Waals surface area contributed by atoms with Crippen LogP contribution < -0.4 is 14.8 Å². The van der Waals surface area contributed by atoms with E-state index in [9.17, 15) is 9.90 Å². The first-order chi connectivity index (χ1) is 8.65. The van der Waals surface area contributed by atoms with Crippen LogP contribution in [0.25, 0.3) is 0 Å². The quantitative estimate of drug-likeness (QED) is 0.677. The monoisotopic (exact) mass is 253 g/mol. The van der Waals surface area contributed by atoms with Gasteiger partial charge in [0.05, 0.1) is 12.5 Å². The van der Waals surface area contributed by atoms with Crippen molar-refractivity contribution < 1.29 is 24.5 Å². The molecule has 1 atom stereocenters. The molecule has 0 radical (unpaired) electrons. The van der Waals surface area contributed by atoms with Crippen LogP contribution in [0.5, 0.6) is 11.5 Å². The average Bonchev–Trinajstić information content (AvgIpc) is 2.75. The summed E-state index contributed by atoms with van der Waals surface area (Å²) in [6.45, 7) is 1.01. The standard InChI is InChI=1S/C12H15NO5/c14-9(4-12(15)16)6-13-5-8-1-2-10-11(3-8)18-7-17-10/h1-3,9,13-14H,4-7H2,(H,15,16). The maximum Gasteiger partial charge on any atom is 0.306 e. The number of aliphatic hydroxyl groups is 1. The van der Waals surface area contributed by atoms with Gasteiger partial charge in [-0.05, 0) is 17.7 Å². The number of ether oxygens (including phenoxy) is 2. The predicted molar refractivity (Wildman–Crippen MR) is 62.5 cm³/mol. The molecule has 0 saturated carbocycles. The molecule has 0 aliphatic carbocycles. The number of nitrogens with one attached hydrogen (secondary N) is 1. The zero-order valence-corrected chi connectivity index (χ0v) is 9.76. The summed E-state index contributed by atoms with van der Waals surface area (Å²) in [6.07, 6.45) is -1.13. The largest absolute Gasteiger partial charge is 0.481 e. The summed E-state index contributed by atoms with van der Waals surface area (Å²) in [4.78, 5) is 10.4. The first-order valence-electron chi connectivity index (χ1n) is 5.64. The third-order valence-corrected chi connectivity index (χ3v) is 2.56. The summed E-state index contributed by atoms with van der Waals surface area (Å²) in [5.41, 5.74) is 0.988. The molecule has 1 unspecified atom stereocenters. The summed E-state index contributed by atoms with van der Waals surface area (Å²) < 4.78 is 10.4. The van der Waals surface area contributed by atoms with Crippen molar-refractivity contribution in [3.63, 3.8) is 0 Å². The number of carbonyl (C=O) groups is 1. The van der Waals surface area contributed by atoms with Gasteiger partial charge in [0.25, 0.3) is 0 Å². The zero-order valence-electron chi connectivity index (χ0n) is 9.76. The van der Waals surface area contributed by atoms with Gasteiger partial charge in [-0.2, -0.15) is 0 Å². The van der Waals surface area contributed by atoms with Crippen molar-refractivity contribution in [2.75, 3.05) is 13.3 Å². The van der Waals surface area contributed by atoms with E-state index in [2.05, 4.69) is 5.32 Å². The number of rotatable bonds is 6. The molecule has 1 heterocycles. The molecule has 6 nitrogen and oxygen atoms in total. The lowest BCUT2D eigenvalue weighted by Gasteiger charge is -2.09. The molecule has 0 saturated heterocycles. The van der Waals surface area contributed by atoms with Crippen molar-refractivity contribution in [1.82, 2.24) is 5.32 Å². The lowest BCUT2D eigenvalue weighted by Crippen LogP contribution is -2.28. The Balaban J connectivity index is 1.78. The summed E-state index contributed by atoms with van der Waals surface area (Å²) in [5, 5.41) is 20.8. The van der Waals surface area contributed by atoms with Crippen LogP contribution in [0.2, 0.25) is 0 Å². The Morgan fingerprint density at radius 2 is 2.17 bits per heavy atom. The van der Waals surface area contributed by atoms with Crippen LogP contribution in [0.3, 0.4) is 0 Å². The average molecular weight is 253 g/mol. The van der Waals surface area contributed by atoms with Crippen LogP contribution in [0, 0.1) is 0 Å². The molecule has 0 amide bonds. The van der Waals surface area contributed by atoms with Crippen molar-refractivity contribution in [2.45, 2.75) is 19.1 Å². The SMILES string of the molecule is O=C(O)CC(O)CNCc1ccc2c(c1)OCO2. The third kappa shape index (κ3) is 3.35. The molecule has 3 N–H and O–H groups in total. The highest BCUT2D eigenvalue weighted by Crippen LogP contribution is 2.32. The van der Waals surface area contributed by atoms with E-state index in [0.717, 1.165) is 11.3 Å². The smallest absolute Gasteiger partial charge is 0.306 e. The molecule has 6 heteroatoms. The van der Waals surface area contributed by atoms with Crippen molar-refractivity contribution in [3.05, 3.63) is 23.8 Å². The molecule has 18 heavy (non-hydrogen) atoms. The summed E-state index contributed by atoms with van der Waals surface area (Å²) >= 11 is 0. The lowest BCUT2D eigenvalue weighted by molar-refractivity contribution is -0.139. The Morgan fingerprint density at radius 3 is 2.94 bits per heavy atom. The summed E-state index contributed by atoms with van der Waals surface area (Å²) in [5.74, 6) is 0.428. The van der Waals surface area contributed by atoms with Crippen LogP contribution in [0.15, 0.2) is 18.2 Å². The Hall–Kier alpha value is -1.79. The Labute approximate surface area is 104 Å². The summed E-state index contributed by atoms with van der Waals surface area (Å²) in [7, 11) is 0. The maximum absolute atomic E-state index is 10.4. The second-order valence-corrected chi connectivity index (χ2v) is 4.07. The number of carboxylic acids is 1. The highest BCUT2D eigenvalue weighted by molar-refractivity contribution is 5.67. The topological polar surface area (TPSA) is 88.0 Å². The highest BCUT2D eigenvalue weighted by Gasteiger charge is 2.13. The van der Waals surface area contributed by atoms with Crippen molar-refractivity contribution in [2.24, 2.45) is 0 Å². The van der Waals surface area contributed by atoms with E-state index >= 15 is 0 Å². The fourth-order valence-corrected chi connectivity index (χ4v) is 1.71. The fourth-order valence-electron chi connectivity index (χ4n) is 1.71. The first kappa shape index (κ1) is 12.7. The predicted octanol–water partition coefficient (Wildman–Crippen LogP) is 0.340. The molecule has 1 aliphatic rings. The van der Waals surface area contributed by atoms with Crippen molar-refractivity contribution in [3.8, 4) is 11.5 Å². The molecule has 0 spiro atoms. The molecule has 0 bridgehead atoms. The zero-order chi connectivity index (χ0) is 13.0. The molecule has 1 aromatic rings. The number of hydrogen-bond acceptors (Lipinski definition) is 5. The van der Waals surface area contributed by atoms with Gasteiger partial charge in [-0.3, -0.25) is 4.79 Å². The first-order valence-corrected chi connectivity index (χ1v) is 5.64. The van der Waals surface area contributed by atoms with Crippen LogP contribution in [-0.2, 0) is 11.3 Å². The van der Waals surface area contributed by atoms with Gasteiger partial charge in [-0.15, -0.1) is 0 Å². The maximum atomic E-state index is 10.4. The Bertz CT molecular complexity index is 434. The van der Waals surface area contributed by atoms with E-state index in [1.165, 1.54) is 0 Å². The van der Waals surface area contributed by atoms with Gasteiger partial charge in [-0.25, -0.2) is 0 Å². The van der Waals surface area contributed by atoms with Crippen LogP contribution in [0.1, 0.15) is 12.0 Å². The van der Waals surface area contributed by atoms with Gasteiger partial charge in [0.2, 0.25) is 6.79 Å². The van der Waals surface area contributed by atoms with E-state index in [0.29, 0.717) is 12.3 Å². The van der Waals surface area contributed by atoms with Gasteiger partial charge in [0.15, 0.2) is 11.5 Å². The van der Waals surface area contributed by atoms with E-state index < -0.39 is 12.1 Å². The molecular formula is C12H15NO5. The number of benzene rings is 1. The second kappa shape index (κ2) is 5.70. The van der Waals surface area contributed by atoms with Crippen LogP contribution >= 0.6 is 0 Å². The molecule has 0 aromatic heterocycles. The minimum Gasteiger partial charge on any atom is -0.481 e. The van der Waals surface area contributed by atoms with Crippen molar-refractivity contribution >= 4 is 5.97 Å². The normalized spacial score (nSPS) is 14.5. The minimum absolute atomic E-state index is 0.237. The van der Waals surface area contributed by atoms with Gasteiger partial charge in [0.1, 0.15) is 0 Å². The number of aliphatic carboxylic acids is 1. The molecular weight excluding hydrogens is 238 g/mol. The number of fused-ring (bicyclic) bond motifs is 1. The van der Waals surface area contributed by atoms with Crippen LogP contribution in [-0.4, -0.2) is 35.6 Å². The Kier molecular flexibility index (Phi) is 4.01. The molecule has 98 valence electrons. The van der Waals surface area contributed by atoms with Gasteiger partial charge >= 0.3 is 5.97 Å². The number of hydrogen-bond donors (Lipinski definition) is 3. The van der Waals surface area contributed by atoms with Gasteiger partial charge < -0.3 is 25.0 Å². The van der Waals surface area contributed by atoms with E-state index in [4.69, 9.17) is 14.6 Å². The minimum atomic E-state index is -1.01. The van der Waals surface area contributed by atoms with Gasteiger partial charge in [-0.1, -0.05) is 6.07 Å². The van der Waals surface area contributed by atoms with Gasteiger partial charge in [0, 0.05) is 13.1 Å². The molecule has 2 rings (SSSR count). The number of carboxylic acid groups (broad SMARTS) is 1. The van der Waals surface area contributed by atoms with Crippen LogP contribution in [0.4, 0.5) is 0 Å². The number of aliphatic hydroxyl groups excluding tert-OH is 1. The van der Waals surface area contributed by atoms with E-state index in [1.807, 2.05) is 18.2 Å². The lowest BCUT2D eigenvalue weighted by atomic mass is 10.2. The molecule has 1 aliphatic heterocycles. The highest BCUT2D eigenvalue weighted by atomic mass is 16.7. The molecule has 0 fully saturated rings.